The summed E-state index contributed by atoms with van der Waals surface area (Å²) in [6.07, 6.45) is -0.598. The molecule has 2 aliphatic rings. The van der Waals surface area contributed by atoms with Gasteiger partial charge in [-0.25, -0.2) is 14.3 Å². The Morgan fingerprint density at radius 1 is 1.19 bits per heavy atom. The Hall–Kier alpha value is -5.41. The molecule has 3 atom stereocenters. The molecule has 4 amide bonds. The monoisotopic (exact) mass is 803 g/mol. The van der Waals surface area contributed by atoms with Crippen molar-refractivity contribution in [2.24, 2.45) is 0 Å². The normalized spacial score (nSPS) is 17.1. The molecule has 1 saturated heterocycles. The Morgan fingerprint density at radius 3 is 2.61 bits per heavy atom. The maximum absolute atomic E-state index is 13.6. The molecular formula is C32H34ClN9O10S2. The van der Waals surface area contributed by atoms with Crippen molar-refractivity contribution >= 4 is 70.6 Å². The SMILES string of the molecule is CC(C)(C)OC(=O)NCCn1nnnc1SCC1=C(C(=O)O)N2C(=O)C(NC(=O)[C@H](NC(=O)COc3ccc(Cl)cc3[N+](=O)[O-])c3ccccc3)[C@@H]2SC1. The molecule has 3 aromatic rings. The van der Waals surface area contributed by atoms with Crippen LogP contribution in [0.4, 0.5) is 10.5 Å². The van der Waals surface area contributed by atoms with Gasteiger partial charge in [0, 0.05) is 29.1 Å². The molecule has 1 unspecified atom stereocenters. The number of aliphatic carboxylic acids is 1. The molecule has 0 bridgehead atoms. The lowest BCUT2D eigenvalue weighted by Crippen LogP contribution is -2.71. The van der Waals surface area contributed by atoms with Crippen LogP contribution in [0.2, 0.25) is 5.02 Å². The molecule has 0 aliphatic carbocycles. The van der Waals surface area contributed by atoms with Gasteiger partial charge in [-0.3, -0.25) is 29.4 Å². The number of fused-ring (bicyclic) bond motifs is 1. The number of nitro groups is 1. The minimum Gasteiger partial charge on any atom is -0.477 e. The summed E-state index contributed by atoms with van der Waals surface area (Å²) in [4.78, 5) is 76.3. The van der Waals surface area contributed by atoms with E-state index in [2.05, 4.69) is 31.5 Å². The van der Waals surface area contributed by atoms with Crippen LogP contribution in [-0.2, 0) is 30.5 Å². The van der Waals surface area contributed by atoms with Crippen molar-refractivity contribution in [3.05, 3.63) is 80.5 Å². The van der Waals surface area contributed by atoms with Crippen LogP contribution in [0.25, 0.3) is 0 Å². The second-order valence-electron chi connectivity index (χ2n) is 12.6. The van der Waals surface area contributed by atoms with Crippen molar-refractivity contribution in [1.29, 1.82) is 0 Å². The van der Waals surface area contributed by atoms with Crippen LogP contribution in [0.5, 0.6) is 5.75 Å². The lowest BCUT2D eigenvalue weighted by atomic mass is 10.0. The fourth-order valence-electron chi connectivity index (χ4n) is 5.25. The van der Waals surface area contributed by atoms with Gasteiger partial charge in [0.25, 0.3) is 11.8 Å². The fourth-order valence-corrected chi connectivity index (χ4v) is 7.80. The number of ether oxygens (including phenoxy) is 2. The molecule has 2 aromatic carbocycles. The maximum Gasteiger partial charge on any atom is 0.407 e. The standard InChI is InChI=1S/C32H34ClN9O10S2/c1-32(2,3)52-31(48)34-11-12-40-30(37-38-39-40)54-16-18-15-53-28-24(27(45)41(28)25(18)29(46)47)36-26(44)23(17-7-5-4-6-8-17)35-22(43)14-51-21-10-9-19(33)13-20(21)42(49)50/h4-10,13,23-24,28H,11-12,14-16H2,1-3H3,(H,34,48)(H,35,43)(H,36,44)(H,46,47)/t23-,24?,28+/m1/s1. The maximum atomic E-state index is 13.6. The van der Waals surface area contributed by atoms with Crippen LogP contribution in [0.1, 0.15) is 32.4 Å². The van der Waals surface area contributed by atoms with Crippen molar-refractivity contribution in [3.63, 3.8) is 0 Å². The van der Waals surface area contributed by atoms with Crippen LogP contribution in [0.15, 0.2) is 65.0 Å². The number of nitro benzene ring substituents is 1. The number of tetrazole rings is 1. The number of carbonyl (C=O) groups is 5. The molecule has 3 heterocycles. The minimum atomic E-state index is -1.33. The van der Waals surface area contributed by atoms with Gasteiger partial charge in [-0.15, -0.1) is 16.9 Å². The van der Waals surface area contributed by atoms with Crippen molar-refractivity contribution in [2.45, 2.75) is 55.5 Å². The highest BCUT2D eigenvalue weighted by Crippen LogP contribution is 2.41. The predicted octanol–water partition coefficient (Wildman–Crippen LogP) is 2.53. The highest BCUT2D eigenvalue weighted by atomic mass is 35.5. The van der Waals surface area contributed by atoms with E-state index in [0.717, 1.165) is 22.7 Å². The topological polar surface area (TPSA) is 250 Å². The number of nitrogens with zero attached hydrogens (tertiary/aromatic N) is 6. The zero-order valence-corrected chi connectivity index (χ0v) is 31.3. The molecule has 22 heteroatoms. The summed E-state index contributed by atoms with van der Waals surface area (Å²) in [6.45, 7) is 4.92. The number of hydrogen-bond acceptors (Lipinski definition) is 14. The van der Waals surface area contributed by atoms with E-state index >= 15 is 0 Å². The first-order chi connectivity index (χ1) is 25.6. The Balaban J connectivity index is 1.21. The Bertz CT molecular complexity index is 1970. The molecule has 0 radical (unpaired) electrons. The number of halogens is 1. The van der Waals surface area contributed by atoms with E-state index in [1.165, 1.54) is 28.6 Å². The number of amides is 4. The molecule has 4 N–H and O–H groups in total. The first-order valence-corrected chi connectivity index (χ1v) is 18.5. The van der Waals surface area contributed by atoms with E-state index in [0.29, 0.717) is 16.3 Å². The van der Waals surface area contributed by atoms with Crippen LogP contribution in [-0.4, -0.2) is 107 Å². The van der Waals surface area contributed by atoms with Gasteiger partial charge in [0.1, 0.15) is 28.8 Å². The Labute approximate surface area is 320 Å². The minimum absolute atomic E-state index is 0.0989. The third kappa shape index (κ3) is 9.76. The zero-order valence-electron chi connectivity index (χ0n) is 28.9. The van der Waals surface area contributed by atoms with Gasteiger partial charge in [0.15, 0.2) is 12.4 Å². The molecule has 286 valence electrons. The number of rotatable bonds is 15. The average Bonchev–Trinajstić information content (AvgIpc) is 3.57. The van der Waals surface area contributed by atoms with Gasteiger partial charge in [-0.2, -0.15) is 0 Å². The highest BCUT2D eigenvalue weighted by molar-refractivity contribution is 8.01. The smallest absolute Gasteiger partial charge is 0.407 e. The molecule has 19 nitrogen and oxygen atoms in total. The number of hydrogen-bond donors (Lipinski definition) is 4. The van der Waals surface area contributed by atoms with Crippen LogP contribution < -0.4 is 20.7 Å². The molecule has 2 aliphatic heterocycles. The number of β-lactam (4-membered cyclic amide) rings is 1. The molecule has 1 aromatic heterocycles. The van der Waals surface area contributed by atoms with E-state index in [1.54, 1.807) is 51.1 Å². The summed E-state index contributed by atoms with van der Waals surface area (Å²) >= 11 is 8.25. The number of thioether (sulfide) groups is 2. The van der Waals surface area contributed by atoms with E-state index in [-0.39, 0.29) is 41.1 Å². The number of nitrogens with one attached hydrogen (secondary N) is 3. The summed E-state index contributed by atoms with van der Waals surface area (Å²) in [6, 6.07) is 9.44. The van der Waals surface area contributed by atoms with Crippen molar-refractivity contribution in [3.8, 4) is 5.75 Å². The fraction of sp³-hybridized carbons (Fsp3) is 0.375. The lowest BCUT2D eigenvalue weighted by Gasteiger charge is -2.49. The van der Waals surface area contributed by atoms with Gasteiger partial charge in [0.2, 0.25) is 11.1 Å². The third-order valence-electron chi connectivity index (χ3n) is 7.59. The molecule has 1 fully saturated rings. The first kappa shape index (κ1) is 39.8. The average molecular weight is 804 g/mol. The lowest BCUT2D eigenvalue weighted by molar-refractivity contribution is -0.385. The summed E-state index contributed by atoms with van der Waals surface area (Å²) < 4.78 is 12.0. The molecule has 0 saturated carbocycles. The van der Waals surface area contributed by atoms with Gasteiger partial charge < -0.3 is 30.5 Å². The van der Waals surface area contributed by atoms with Crippen molar-refractivity contribution in [1.82, 2.24) is 41.1 Å². The van der Waals surface area contributed by atoms with Gasteiger partial charge >= 0.3 is 17.7 Å². The number of carbonyl (C=O) groups excluding carboxylic acids is 4. The Kier molecular flexibility index (Phi) is 12.6. The number of aromatic nitrogens is 4. The summed E-state index contributed by atoms with van der Waals surface area (Å²) in [5, 5.41) is 40.7. The van der Waals surface area contributed by atoms with Gasteiger partial charge in [-0.1, -0.05) is 53.7 Å². The number of carboxylic acids is 1. The summed E-state index contributed by atoms with van der Waals surface area (Å²) in [5.41, 5.74) is -0.526. The summed E-state index contributed by atoms with van der Waals surface area (Å²) in [5.74, 6) is -3.39. The molecule has 0 spiro atoms. The molecular weight excluding hydrogens is 770 g/mol. The Morgan fingerprint density at radius 2 is 1.93 bits per heavy atom. The third-order valence-corrected chi connectivity index (χ3v) is 10.2. The van der Waals surface area contributed by atoms with E-state index < -0.39 is 70.1 Å². The quantitative estimate of drug-likeness (QED) is 0.0746. The van der Waals surface area contributed by atoms with E-state index in [9.17, 15) is 39.2 Å². The highest BCUT2D eigenvalue weighted by Gasteiger charge is 2.54. The number of benzene rings is 2. The van der Waals surface area contributed by atoms with Crippen LogP contribution in [0, 0.1) is 10.1 Å². The molecule has 54 heavy (non-hydrogen) atoms. The van der Waals surface area contributed by atoms with Crippen LogP contribution >= 0.6 is 35.1 Å². The van der Waals surface area contributed by atoms with E-state index in [4.69, 9.17) is 21.1 Å². The largest absolute Gasteiger partial charge is 0.477 e. The number of alkyl carbamates (subject to hydrolysis) is 1. The first-order valence-electron chi connectivity index (χ1n) is 16.1. The van der Waals surface area contributed by atoms with Crippen molar-refractivity contribution in [2.75, 3.05) is 24.7 Å². The summed E-state index contributed by atoms with van der Waals surface area (Å²) in [7, 11) is 0. The number of carboxylic acid groups (broad SMARTS) is 1. The predicted molar refractivity (Wildman–Crippen MR) is 193 cm³/mol. The van der Waals surface area contributed by atoms with Crippen molar-refractivity contribution < 1.29 is 43.5 Å². The second-order valence-corrected chi connectivity index (χ2v) is 15.1. The van der Waals surface area contributed by atoms with E-state index in [1.807, 2.05) is 0 Å². The second kappa shape index (κ2) is 17.2. The van der Waals surface area contributed by atoms with Gasteiger partial charge in [-0.05, 0) is 54.5 Å². The van der Waals surface area contributed by atoms with Crippen LogP contribution in [0.3, 0.4) is 0 Å². The van der Waals surface area contributed by atoms with Gasteiger partial charge in [0.05, 0.1) is 11.5 Å². The molecule has 5 rings (SSSR count). The zero-order chi connectivity index (χ0) is 39.2.